The van der Waals surface area contributed by atoms with Crippen LogP contribution in [0.1, 0.15) is 46.0 Å². The maximum atomic E-state index is 3.83. The van der Waals surface area contributed by atoms with Gasteiger partial charge in [0, 0.05) is 17.1 Å². The molecule has 2 fully saturated rings. The molecule has 2 heteroatoms. The number of hydrogen-bond donors (Lipinski definition) is 2. The molecular formula is C11H22N2. The smallest absolute Gasteiger partial charge is 0.0173 e. The van der Waals surface area contributed by atoms with Crippen molar-refractivity contribution in [3.63, 3.8) is 0 Å². The lowest BCUT2D eigenvalue weighted by atomic mass is 9.69. The summed E-state index contributed by atoms with van der Waals surface area (Å²) in [6.07, 6.45) is 6.68. The largest absolute Gasteiger partial charge is 0.317 e. The molecule has 0 saturated carbocycles. The summed E-state index contributed by atoms with van der Waals surface area (Å²) in [5.74, 6) is 0. The van der Waals surface area contributed by atoms with Crippen LogP contribution < -0.4 is 10.6 Å². The van der Waals surface area contributed by atoms with Crippen molar-refractivity contribution in [2.24, 2.45) is 0 Å². The Labute approximate surface area is 81.5 Å². The zero-order valence-corrected chi connectivity index (χ0v) is 9.11. The van der Waals surface area contributed by atoms with Crippen molar-refractivity contribution in [3.8, 4) is 0 Å². The number of piperidine rings is 2. The lowest BCUT2D eigenvalue weighted by Crippen LogP contribution is -2.66. The molecular weight excluding hydrogens is 160 g/mol. The van der Waals surface area contributed by atoms with Gasteiger partial charge in [0.15, 0.2) is 0 Å². The fraction of sp³-hybridized carbons (Fsp3) is 1.00. The highest BCUT2D eigenvalue weighted by Crippen LogP contribution is 2.39. The molecule has 3 atom stereocenters. The first-order valence-corrected chi connectivity index (χ1v) is 5.52. The summed E-state index contributed by atoms with van der Waals surface area (Å²) in [6, 6.07) is 0.719. The average Bonchev–Trinajstić information content (AvgIpc) is 2.00. The molecule has 0 spiro atoms. The Morgan fingerprint density at radius 2 is 1.69 bits per heavy atom. The third-order valence-electron chi connectivity index (χ3n) is 3.86. The second-order valence-electron chi connectivity index (χ2n) is 5.49. The van der Waals surface area contributed by atoms with Gasteiger partial charge in [0.2, 0.25) is 0 Å². The zero-order chi connectivity index (χ0) is 9.53. The van der Waals surface area contributed by atoms with Gasteiger partial charge >= 0.3 is 0 Å². The third kappa shape index (κ3) is 1.75. The van der Waals surface area contributed by atoms with Crippen LogP contribution in [0.4, 0.5) is 0 Å². The first-order chi connectivity index (χ1) is 6.05. The number of rotatable bonds is 1. The van der Waals surface area contributed by atoms with Gasteiger partial charge in [0.05, 0.1) is 0 Å². The van der Waals surface area contributed by atoms with Gasteiger partial charge in [-0.15, -0.1) is 0 Å². The van der Waals surface area contributed by atoms with E-state index in [0.29, 0.717) is 11.1 Å². The molecule has 2 aliphatic heterocycles. The normalized spacial score (nSPS) is 50.5. The van der Waals surface area contributed by atoms with E-state index in [9.17, 15) is 0 Å². The van der Waals surface area contributed by atoms with Crippen LogP contribution in [-0.4, -0.2) is 24.2 Å². The van der Waals surface area contributed by atoms with Gasteiger partial charge in [-0.1, -0.05) is 0 Å². The molecule has 76 valence electrons. The highest BCUT2D eigenvalue weighted by atomic mass is 15.1. The van der Waals surface area contributed by atoms with Gasteiger partial charge in [-0.2, -0.15) is 0 Å². The molecule has 0 radical (unpaired) electrons. The SMILES string of the molecule is CNC1C[C@]2(C)CCC[C@](C)(C1)N2. The molecule has 0 aromatic carbocycles. The van der Waals surface area contributed by atoms with Crippen LogP contribution in [0.25, 0.3) is 0 Å². The average molecular weight is 182 g/mol. The van der Waals surface area contributed by atoms with Crippen molar-refractivity contribution >= 4 is 0 Å². The molecule has 0 aromatic heterocycles. The van der Waals surface area contributed by atoms with E-state index < -0.39 is 0 Å². The van der Waals surface area contributed by atoms with Crippen molar-refractivity contribution in [2.75, 3.05) is 7.05 Å². The van der Waals surface area contributed by atoms with E-state index in [-0.39, 0.29) is 0 Å². The van der Waals surface area contributed by atoms with Crippen LogP contribution in [0, 0.1) is 0 Å². The van der Waals surface area contributed by atoms with Gasteiger partial charge < -0.3 is 10.6 Å². The van der Waals surface area contributed by atoms with E-state index in [0.717, 1.165) is 6.04 Å². The van der Waals surface area contributed by atoms with E-state index >= 15 is 0 Å². The van der Waals surface area contributed by atoms with E-state index in [2.05, 4.69) is 31.5 Å². The lowest BCUT2D eigenvalue weighted by Gasteiger charge is -2.53. The molecule has 2 saturated heterocycles. The summed E-state index contributed by atoms with van der Waals surface area (Å²) in [5.41, 5.74) is 0.803. The third-order valence-corrected chi connectivity index (χ3v) is 3.86. The minimum atomic E-state index is 0.402. The first kappa shape index (κ1) is 9.47. The molecule has 0 aliphatic carbocycles. The molecule has 2 N–H and O–H groups in total. The molecule has 2 bridgehead atoms. The monoisotopic (exact) mass is 182 g/mol. The summed E-state index contributed by atoms with van der Waals surface area (Å²) in [6.45, 7) is 4.77. The Hall–Kier alpha value is -0.0800. The predicted molar refractivity (Wildman–Crippen MR) is 55.9 cm³/mol. The fourth-order valence-electron chi connectivity index (χ4n) is 3.39. The van der Waals surface area contributed by atoms with Crippen LogP contribution in [0.3, 0.4) is 0 Å². The van der Waals surface area contributed by atoms with E-state index in [1.54, 1.807) is 0 Å². The maximum absolute atomic E-state index is 3.83. The Morgan fingerprint density at radius 3 is 2.15 bits per heavy atom. The summed E-state index contributed by atoms with van der Waals surface area (Å²) >= 11 is 0. The number of hydrogen-bond acceptors (Lipinski definition) is 2. The molecule has 2 nitrogen and oxygen atoms in total. The van der Waals surface area contributed by atoms with Crippen LogP contribution in [0.2, 0.25) is 0 Å². The topological polar surface area (TPSA) is 24.1 Å². The maximum Gasteiger partial charge on any atom is 0.0173 e. The van der Waals surface area contributed by atoms with Crippen molar-refractivity contribution in [1.29, 1.82) is 0 Å². The summed E-state index contributed by atoms with van der Waals surface area (Å²) < 4.78 is 0. The first-order valence-electron chi connectivity index (χ1n) is 5.52. The summed E-state index contributed by atoms with van der Waals surface area (Å²) in [7, 11) is 2.10. The highest BCUT2D eigenvalue weighted by Gasteiger charge is 2.44. The number of nitrogens with one attached hydrogen (secondary N) is 2. The lowest BCUT2D eigenvalue weighted by molar-refractivity contribution is 0.0716. The van der Waals surface area contributed by atoms with E-state index in [4.69, 9.17) is 0 Å². The summed E-state index contributed by atoms with van der Waals surface area (Å²) in [5, 5.41) is 7.27. The molecule has 1 unspecified atom stereocenters. The van der Waals surface area contributed by atoms with E-state index in [1.807, 2.05) is 0 Å². The molecule has 13 heavy (non-hydrogen) atoms. The van der Waals surface area contributed by atoms with Crippen molar-refractivity contribution in [2.45, 2.75) is 63.1 Å². The Bertz CT molecular complexity index is 186. The van der Waals surface area contributed by atoms with Crippen LogP contribution >= 0.6 is 0 Å². The van der Waals surface area contributed by atoms with Crippen LogP contribution in [0.5, 0.6) is 0 Å². The zero-order valence-electron chi connectivity index (χ0n) is 9.11. The quantitative estimate of drug-likeness (QED) is 0.644. The number of fused-ring (bicyclic) bond motifs is 2. The standard InChI is InChI=1S/C11H22N2/c1-10-5-4-6-11(2,13-10)8-9(7-10)12-3/h9,12-13H,4-8H2,1-3H3/t9?,10-,11+. The van der Waals surface area contributed by atoms with Gasteiger partial charge in [-0.05, 0) is 53.0 Å². The highest BCUT2D eigenvalue weighted by molar-refractivity contribution is 5.06. The molecule has 2 rings (SSSR count). The fourth-order valence-corrected chi connectivity index (χ4v) is 3.39. The Morgan fingerprint density at radius 1 is 1.15 bits per heavy atom. The second kappa shape index (κ2) is 2.96. The summed E-state index contributed by atoms with van der Waals surface area (Å²) in [4.78, 5) is 0. The molecule has 2 aliphatic rings. The molecule has 2 heterocycles. The van der Waals surface area contributed by atoms with Crippen LogP contribution in [-0.2, 0) is 0 Å². The minimum Gasteiger partial charge on any atom is -0.317 e. The van der Waals surface area contributed by atoms with Gasteiger partial charge in [0.1, 0.15) is 0 Å². The van der Waals surface area contributed by atoms with Gasteiger partial charge in [-0.25, -0.2) is 0 Å². The van der Waals surface area contributed by atoms with Crippen molar-refractivity contribution in [1.82, 2.24) is 10.6 Å². The predicted octanol–water partition coefficient (Wildman–Crippen LogP) is 1.66. The molecule has 0 amide bonds. The Balaban J connectivity index is 2.15. The van der Waals surface area contributed by atoms with Gasteiger partial charge in [0.25, 0.3) is 0 Å². The van der Waals surface area contributed by atoms with Crippen LogP contribution in [0.15, 0.2) is 0 Å². The minimum absolute atomic E-state index is 0.402. The second-order valence-corrected chi connectivity index (χ2v) is 5.49. The van der Waals surface area contributed by atoms with Crippen molar-refractivity contribution < 1.29 is 0 Å². The van der Waals surface area contributed by atoms with Gasteiger partial charge in [-0.3, -0.25) is 0 Å². The van der Waals surface area contributed by atoms with Crippen molar-refractivity contribution in [3.05, 3.63) is 0 Å². The molecule has 0 aromatic rings. The Kier molecular flexibility index (Phi) is 2.16. The van der Waals surface area contributed by atoms with E-state index in [1.165, 1.54) is 32.1 Å².